The van der Waals surface area contributed by atoms with E-state index < -0.39 is 5.91 Å². The number of anilines is 1. The highest BCUT2D eigenvalue weighted by atomic mass is 16.5. The summed E-state index contributed by atoms with van der Waals surface area (Å²) in [5, 5.41) is 6.94. The number of aromatic nitrogens is 4. The number of hydrogen-bond donors (Lipinski definition) is 1. The van der Waals surface area contributed by atoms with E-state index in [1.807, 2.05) is 32.0 Å². The molecular formula is C15H15N5O2. The van der Waals surface area contributed by atoms with Crippen molar-refractivity contribution < 1.29 is 9.53 Å². The van der Waals surface area contributed by atoms with Gasteiger partial charge in [-0.3, -0.25) is 4.79 Å². The zero-order valence-corrected chi connectivity index (χ0v) is 12.5. The highest BCUT2D eigenvalue weighted by molar-refractivity contribution is 6.02. The van der Waals surface area contributed by atoms with Gasteiger partial charge in [0, 0.05) is 11.4 Å². The molecule has 112 valence electrons. The smallest absolute Gasteiger partial charge is 0.295 e. The molecule has 2 aromatic heterocycles. The minimum Gasteiger partial charge on any atom is -0.495 e. The SMILES string of the molecule is COc1ccccc1NC(=O)c1nc2nc(C)cc(C)n2n1. The van der Waals surface area contributed by atoms with E-state index in [1.54, 1.807) is 23.8 Å². The number of carbonyl (C=O) groups excluding carboxylic acids is 1. The van der Waals surface area contributed by atoms with Crippen LogP contribution in [0.25, 0.3) is 5.78 Å². The number of ether oxygens (including phenoxy) is 1. The average molecular weight is 297 g/mol. The van der Waals surface area contributed by atoms with Gasteiger partial charge < -0.3 is 10.1 Å². The molecule has 0 unspecified atom stereocenters. The maximum Gasteiger partial charge on any atom is 0.295 e. The van der Waals surface area contributed by atoms with Crippen LogP contribution in [0.2, 0.25) is 0 Å². The lowest BCUT2D eigenvalue weighted by atomic mass is 10.3. The molecule has 0 spiro atoms. The summed E-state index contributed by atoms with van der Waals surface area (Å²) in [7, 11) is 1.55. The fourth-order valence-corrected chi connectivity index (χ4v) is 2.19. The molecule has 3 rings (SSSR count). The lowest BCUT2D eigenvalue weighted by molar-refractivity contribution is 0.101. The first kappa shape index (κ1) is 14.0. The number of benzene rings is 1. The summed E-state index contributed by atoms with van der Waals surface area (Å²) < 4.78 is 6.75. The molecule has 0 radical (unpaired) electrons. The fourth-order valence-electron chi connectivity index (χ4n) is 2.19. The van der Waals surface area contributed by atoms with Crippen molar-refractivity contribution in [2.75, 3.05) is 12.4 Å². The first-order valence-corrected chi connectivity index (χ1v) is 6.74. The zero-order valence-electron chi connectivity index (χ0n) is 12.5. The van der Waals surface area contributed by atoms with Crippen molar-refractivity contribution in [3.8, 4) is 5.75 Å². The first-order chi connectivity index (χ1) is 10.6. The molecule has 7 nitrogen and oxygen atoms in total. The Morgan fingerprint density at radius 2 is 2.00 bits per heavy atom. The van der Waals surface area contributed by atoms with Gasteiger partial charge in [-0.2, -0.15) is 4.98 Å². The Balaban J connectivity index is 1.94. The van der Waals surface area contributed by atoms with Gasteiger partial charge in [-0.05, 0) is 32.0 Å². The van der Waals surface area contributed by atoms with Crippen molar-refractivity contribution >= 4 is 17.4 Å². The summed E-state index contributed by atoms with van der Waals surface area (Å²) in [6.07, 6.45) is 0. The maximum absolute atomic E-state index is 12.3. The number of fused-ring (bicyclic) bond motifs is 1. The molecule has 7 heteroatoms. The number of amides is 1. The quantitative estimate of drug-likeness (QED) is 0.799. The van der Waals surface area contributed by atoms with Crippen molar-refractivity contribution in [1.29, 1.82) is 0 Å². The zero-order chi connectivity index (χ0) is 15.7. The number of rotatable bonds is 3. The van der Waals surface area contributed by atoms with Crippen molar-refractivity contribution in [2.24, 2.45) is 0 Å². The number of aryl methyl sites for hydroxylation is 2. The molecule has 3 aromatic rings. The van der Waals surface area contributed by atoms with Crippen LogP contribution in [0.1, 0.15) is 22.0 Å². The third-order valence-corrected chi connectivity index (χ3v) is 3.18. The van der Waals surface area contributed by atoms with E-state index in [-0.39, 0.29) is 5.82 Å². The number of carbonyl (C=O) groups is 1. The summed E-state index contributed by atoms with van der Waals surface area (Å²) in [4.78, 5) is 20.8. The van der Waals surface area contributed by atoms with E-state index in [4.69, 9.17) is 4.74 Å². The summed E-state index contributed by atoms with van der Waals surface area (Å²) in [5.74, 6) is 0.631. The van der Waals surface area contributed by atoms with Crippen LogP contribution in [-0.4, -0.2) is 32.6 Å². The molecule has 0 aliphatic rings. The van der Waals surface area contributed by atoms with E-state index in [1.165, 1.54) is 0 Å². The van der Waals surface area contributed by atoms with E-state index >= 15 is 0 Å². The second-order valence-electron chi connectivity index (χ2n) is 4.84. The minimum absolute atomic E-state index is 0.0621. The molecule has 22 heavy (non-hydrogen) atoms. The summed E-state index contributed by atoms with van der Waals surface area (Å²) >= 11 is 0. The lowest BCUT2D eigenvalue weighted by Gasteiger charge is -2.07. The Morgan fingerprint density at radius 3 is 2.77 bits per heavy atom. The molecule has 0 fully saturated rings. The molecule has 2 heterocycles. The van der Waals surface area contributed by atoms with Crippen LogP contribution in [0.3, 0.4) is 0 Å². The maximum atomic E-state index is 12.3. The van der Waals surface area contributed by atoms with E-state index in [0.717, 1.165) is 11.4 Å². The van der Waals surface area contributed by atoms with Gasteiger partial charge >= 0.3 is 0 Å². The number of methoxy groups -OCH3 is 1. The molecule has 0 saturated carbocycles. The number of nitrogens with zero attached hydrogens (tertiary/aromatic N) is 4. The lowest BCUT2D eigenvalue weighted by Crippen LogP contribution is -2.14. The third kappa shape index (κ3) is 2.48. The van der Waals surface area contributed by atoms with Crippen LogP contribution >= 0.6 is 0 Å². The Morgan fingerprint density at radius 1 is 1.23 bits per heavy atom. The first-order valence-electron chi connectivity index (χ1n) is 6.74. The topological polar surface area (TPSA) is 81.4 Å². The Hall–Kier alpha value is -2.96. The predicted molar refractivity (Wildman–Crippen MR) is 81.2 cm³/mol. The molecule has 0 bridgehead atoms. The number of nitrogens with one attached hydrogen (secondary N) is 1. The number of para-hydroxylation sites is 2. The van der Waals surface area contributed by atoms with Gasteiger partial charge in [-0.1, -0.05) is 12.1 Å². The minimum atomic E-state index is -0.410. The third-order valence-electron chi connectivity index (χ3n) is 3.18. The van der Waals surface area contributed by atoms with E-state index in [9.17, 15) is 4.79 Å². The Kier molecular flexibility index (Phi) is 3.46. The fraction of sp³-hybridized carbons (Fsp3) is 0.200. The van der Waals surface area contributed by atoms with E-state index in [2.05, 4.69) is 20.4 Å². The van der Waals surface area contributed by atoms with Crippen molar-refractivity contribution in [3.63, 3.8) is 0 Å². The normalized spacial score (nSPS) is 10.7. The van der Waals surface area contributed by atoms with Crippen LogP contribution in [0.4, 0.5) is 5.69 Å². The van der Waals surface area contributed by atoms with Crippen LogP contribution < -0.4 is 10.1 Å². The summed E-state index contributed by atoms with van der Waals surface area (Å²) in [6, 6.07) is 9.03. The second kappa shape index (κ2) is 5.44. The predicted octanol–water partition coefficient (Wildman–Crippen LogP) is 2.00. The van der Waals surface area contributed by atoms with Crippen LogP contribution in [0.15, 0.2) is 30.3 Å². The van der Waals surface area contributed by atoms with Crippen molar-refractivity contribution in [2.45, 2.75) is 13.8 Å². The van der Waals surface area contributed by atoms with Crippen molar-refractivity contribution in [1.82, 2.24) is 19.6 Å². The Labute approximate surface area is 127 Å². The van der Waals surface area contributed by atoms with Gasteiger partial charge in [0.2, 0.25) is 5.82 Å². The monoisotopic (exact) mass is 297 g/mol. The van der Waals surface area contributed by atoms with Crippen LogP contribution in [0.5, 0.6) is 5.75 Å². The standard InChI is InChI=1S/C15H15N5O2/c1-9-8-10(2)20-15(16-9)18-13(19-20)14(21)17-11-6-4-5-7-12(11)22-3/h4-8H,1-3H3,(H,17,21). The van der Waals surface area contributed by atoms with Gasteiger partial charge in [-0.15, -0.1) is 5.10 Å². The van der Waals surface area contributed by atoms with Crippen molar-refractivity contribution in [3.05, 3.63) is 47.5 Å². The Bertz CT molecular complexity index is 856. The molecular weight excluding hydrogens is 282 g/mol. The van der Waals surface area contributed by atoms with Gasteiger partial charge in [-0.25, -0.2) is 9.50 Å². The van der Waals surface area contributed by atoms with Gasteiger partial charge in [0.05, 0.1) is 12.8 Å². The summed E-state index contributed by atoms with van der Waals surface area (Å²) in [5.41, 5.74) is 2.26. The molecule has 1 amide bonds. The van der Waals surface area contributed by atoms with Crippen LogP contribution in [-0.2, 0) is 0 Å². The largest absolute Gasteiger partial charge is 0.495 e. The van der Waals surface area contributed by atoms with Crippen LogP contribution in [0, 0.1) is 13.8 Å². The molecule has 0 aliphatic heterocycles. The molecule has 1 aromatic carbocycles. The van der Waals surface area contributed by atoms with Gasteiger partial charge in [0.25, 0.3) is 11.7 Å². The van der Waals surface area contributed by atoms with Gasteiger partial charge in [0.15, 0.2) is 0 Å². The highest BCUT2D eigenvalue weighted by Crippen LogP contribution is 2.23. The van der Waals surface area contributed by atoms with E-state index in [0.29, 0.717) is 17.2 Å². The molecule has 0 atom stereocenters. The second-order valence-corrected chi connectivity index (χ2v) is 4.84. The number of hydrogen-bond acceptors (Lipinski definition) is 5. The summed E-state index contributed by atoms with van der Waals surface area (Å²) in [6.45, 7) is 3.76. The molecule has 1 N–H and O–H groups in total. The highest BCUT2D eigenvalue weighted by Gasteiger charge is 2.16. The average Bonchev–Trinajstić information content (AvgIpc) is 2.92. The van der Waals surface area contributed by atoms with Gasteiger partial charge in [0.1, 0.15) is 5.75 Å². The molecule has 0 saturated heterocycles. The molecule has 0 aliphatic carbocycles.